The molecule has 1 aromatic carbocycles. The molecule has 0 aliphatic carbocycles. The molecule has 2 heterocycles. The summed E-state index contributed by atoms with van der Waals surface area (Å²) in [5.74, 6) is -1.12. The topological polar surface area (TPSA) is 82.5 Å². The molecule has 6 nitrogen and oxygen atoms in total. The maximum Gasteiger partial charge on any atom is 0.335 e. The van der Waals surface area contributed by atoms with Crippen LogP contribution in [0, 0.1) is 0 Å². The van der Waals surface area contributed by atoms with Crippen LogP contribution in [0.15, 0.2) is 29.8 Å². The molecule has 2 N–H and O–H groups in total. The normalized spacial score (nSPS) is 13.0. The summed E-state index contributed by atoms with van der Waals surface area (Å²) in [6, 6.07) is 5.04. The highest BCUT2D eigenvalue weighted by Crippen LogP contribution is 2.29. The molecule has 0 atom stereocenters. The summed E-state index contributed by atoms with van der Waals surface area (Å²) in [6.07, 6.45) is 2.45. The summed E-state index contributed by atoms with van der Waals surface area (Å²) in [5.41, 5.74) is 2.13. The van der Waals surface area contributed by atoms with Crippen molar-refractivity contribution in [3.05, 3.63) is 40.9 Å². The van der Waals surface area contributed by atoms with Gasteiger partial charge in [0.25, 0.3) is 0 Å². The summed E-state index contributed by atoms with van der Waals surface area (Å²) in [5, 5.41) is 14.1. The highest BCUT2D eigenvalue weighted by molar-refractivity contribution is 7.13. The third-order valence-corrected chi connectivity index (χ3v) is 4.03. The molecule has 1 amide bonds. The SMILES string of the molecule is O=C(CN1CCc2ccc(C(=O)O)cc21)Nc1nccs1. The fraction of sp³-hybridized carbons (Fsp3) is 0.214. The van der Waals surface area contributed by atoms with E-state index in [0.717, 1.165) is 17.7 Å². The second kappa shape index (κ2) is 5.53. The van der Waals surface area contributed by atoms with Crippen molar-refractivity contribution < 1.29 is 14.7 Å². The molecule has 0 spiro atoms. The number of benzene rings is 1. The lowest BCUT2D eigenvalue weighted by Gasteiger charge is -2.18. The van der Waals surface area contributed by atoms with Gasteiger partial charge in [-0.25, -0.2) is 9.78 Å². The number of aromatic carboxylic acids is 1. The van der Waals surface area contributed by atoms with Crippen LogP contribution in [0.2, 0.25) is 0 Å². The average molecular weight is 303 g/mol. The van der Waals surface area contributed by atoms with E-state index in [2.05, 4.69) is 10.3 Å². The number of carbonyl (C=O) groups excluding carboxylic acids is 1. The van der Waals surface area contributed by atoms with E-state index in [1.54, 1.807) is 23.7 Å². The van der Waals surface area contributed by atoms with E-state index in [1.807, 2.05) is 11.0 Å². The number of carboxylic acid groups (broad SMARTS) is 1. The Morgan fingerprint density at radius 1 is 1.43 bits per heavy atom. The number of nitrogens with one attached hydrogen (secondary N) is 1. The van der Waals surface area contributed by atoms with Crippen LogP contribution in [0.1, 0.15) is 15.9 Å². The number of aromatic nitrogens is 1. The second-order valence-electron chi connectivity index (χ2n) is 4.71. The minimum absolute atomic E-state index is 0.154. The molecular formula is C14H13N3O3S. The minimum atomic E-state index is -0.961. The largest absolute Gasteiger partial charge is 0.478 e. The van der Waals surface area contributed by atoms with Crippen LogP contribution < -0.4 is 10.2 Å². The lowest BCUT2D eigenvalue weighted by atomic mass is 10.1. The van der Waals surface area contributed by atoms with Gasteiger partial charge in [-0.3, -0.25) is 4.79 Å². The fourth-order valence-electron chi connectivity index (χ4n) is 2.36. The van der Waals surface area contributed by atoms with Crippen LogP contribution in [0.5, 0.6) is 0 Å². The van der Waals surface area contributed by atoms with Crippen molar-refractivity contribution in [1.29, 1.82) is 0 Å². The first kappa shape index (κ1) is 13.6. The minimum Gasteiger partial charge on any atom is -0.478 e. The van der Waals surface area contributed by atoms with Crippen molar-refractivity contribution in [3.8, 4) is 0 Å². The summed E-state index contributed by atoms with van der Waals surface area (Å²) in [6.45, 7) is 0.902. The zero-order valence-electron chi connectivity index (χ0n) is 11.1. The van der Waals surface area contributed by atoms with E-state index in [9.17, 15) is 9.59 Å². The number of hydrogen-bond donors (Lipinski definition) is 2. The van der Waals surface area contributed by atoms with Crippen molar-refractivity contribution in [2.75, 3.05) is 23.3 Å². The Morgan fingerprint density at radius 3 is 3.00 bits per heavy atom. The molecule has 1 aliphatic rings. The zero-order valence-corrected chi connectivity index (χ0v) is 11.9. The molecule has 0 radical (unpaired) electrons. The molecule has 1 aromatic heterocycles. The van der Waals surface area contributed by atoms with Gasteiger partial charge in [-0.05, 0) is 24.1 Å². The van der Waals surface area contributed by atoms with Gasteiger partial charge in [-0.15, -0.1) is 11.3 Å². The van der Waals surface area contributed by atoms with E-state index in [4.69, 9.17) is 5.11 Å². The third-order valence-electron chi connectivity index (χ3n) is 3.34. The number of hydrogen-bond acceptors (Lipinski definition) is 5. The molecule has 0 saturated heterocycles. The van der Waals surface area contributed by atoms with Crippen LogP contribution in [0.4, 0.5) is 10.8 Å². The lowest BCUT2D eigenvalue weighted by molar-refractivity contribution is -0.115. The van der Waals surface area contributed by atoms with Crippen LogP contribution in [0.3, 0.4) is 0 Å². The zero-order chi connectivity index (χ0) is 14.8. The van der Waals surface area contributed by atoms with Gasteiger partial charge >= 0.3 is 5.97 Å². The van der Waals surface area contributed by atoms with Gasteiger partial charge in [0, 0.05) is 23.8 Å². The van der Waals surface area contributed by atoms with E-state index in [1.165, 1.54) is 11.3 Å². The Bertz CT molecular complexity index is 685. The third kappa shape index (κ3) is 2.87. The van der Waals surface area contributed by atoms with E-state index in [0.29, 0.717) is 11.7 Å². The number of carbonyl (C=O) groups is 2. The maximum absolute atomic E-state index is 12.0. The Morgan fingerprint density at radius 2 is 2.29 bits per heavy atom. The number of amides is 1. The highest BCUT2D eigenvalue weighted by Gasteiger charge is 2.22. The highest BCUT2D eigenvalue weighted by atomic mass is 32.1. The molecule has 2 aromatic rings. The standard InChI is InChI=1S/C14H13N3O3S/c18-12(16-14-15-4-6-21-14)8-17-5-3-9-1-2-10(13(19)20)7-11(9)17/h1-2,4,6-7H,3,5,8H2,(H,19,20)(H,15,16,18). The van der Waals surface area contributed by atoms with Crippen LogP contribution in [0.25, 0.3) is 0 Å². The van der Waals surface area contributed by atoms with Gasteiger partial charge in [0.05, 0.1) is 12.1 Å². The number of rotatable bonds is 4. The first-order valence-corrected chi connectivity index (χ1v) is 7.32. The predicted octanol–water partition coefficient (Wildman–Crippen LogP) is 1.84. The number of fused-ring (bicyclic) bond motifs is 1. The van der Waals surface area contributed by atoms with E-state index >= 15 is 0 Å². The van der Waals surface area contributed by atoms with Gasteiger partial charge in [-0.2, -0.15) is 0 Å². The first-order chi connectivity index (χ1) is 10.1. The van der Waals surface area contributed by atoms with Crippen molar-refractivity contribution in [1.82, 2.24) is 4.98 Å². The fourth-order valence-corrected chi connectivity index (χ4v) is 2.91. The van der Waals surface area contributed by atoms with Crippen molar-refractivity contribution in [2.45, 2.75) is 6.42 Å². The maximum atomic E-state index is 12.0. The Balaban J connectivity index is 1.73. The lowest BCUT2D eigenvalue weighted by Crippen LogP contribution is -2.31. The summed E-state index contributed by atoms with van der Waals surface area (Å²) >= 11 is 1.36. The smallest absolute Gasteiger partial charge is 0.335 e. The number of thiazole rings is 1. The van der Waals surface area contributed by atoms with Crippen molar-refractivity contribution in [3.63, 3.8) is 0 Å². The Hall–Kier alpha value is -2.41. The first-order valence-electron chi connectivity index (χ1n) is 6.44. The van der Waals surface area contributed by atoms with Crippen molar-refractivity contribution in [2.24, 2.45) is 0 Å². The molecule has 0 unspecified atom stereocenters. The number of carboxylic acids is 1. The monoisotopic (exact) mass is 303 g/mol. The number of nitrogens with zero attached hydrogens (tertiary/aromatic N) is 2. The number of anilines is 2. The summed E-state index contributed by atoms with van der Waals surface area (Å²) in [7, 11) is 0. The van der Waals surface area contributed by atoms with Crippen molar-refractivity contribution >= 4 is 34.0 Å². The van der Waals surface area contributed by atoms with Crippen LogP contribution in [-0.2, 0) is 11.2 Å². The van der Waals surface area contributed by atoms with E-state index in [-0.39, 0.29) is 18.0 Å². The predicted molar refractivity (Wildman–Crippen MR) is 80.1 cm³/mol. The summed E-state index contributed by atoms with van der Waals surface area (Å²) in [4.78, 5) is 28.9. The quantitative estimate of drug-likeness (QED) is 0.900. The summed E-state index contributed by atoms with van der Waals surface area (Å²) < 4.78 is 0. The molecule has 7 heteroatoms. The average Bonchev–Trinajstić information content (AvgIpc) is 3.08. The van der Waals surface area contributed by atoms with Gasteiger partial charge < -0.3 is 15.3 Å². The van der Waals surface area contributed by atoms with Gasteiger partial charge in [0.15, 0.2) is 5.13 Å². The van der Waals surface area contributed by atoms with Crippen LogP contribution in [-0.4, -0.2) is 35.1 Å². The van der Waals surface area contributed by atoms with Crippen LogP contribution >= 0.6 is 11.3 Å². The van der Waals surface area contributed by atoms with E-state index < -0.39 is 5.97 Å². The Labute approximate surface area is 125 Å². The molecule has 1 aliphatic heterocycles. The van der Waals surface area contributed by atoms with Gasteiger partial charge in [-0.1, -0.05) is 6.07 Å². The molecule has 0 saturated carbocycles. The molecule has 3 rings (SSSR count). The Kier molecular flexibility index (Phi) is 3.57. The van der Waals surface area contributed by atoms with Gasteiger partial charge in [0.2, 0.25) is 5.91 Å². The molecule has 21 heavy (non-hydrogen) atoms. The molecule has 108 valence electrons. The molecule has 0 bridgehead atoms. The molecular weight excluding hydrogens is 290 g/mol. The van der Waals surface area contributed by atoms with Gasteiger partial charge in [0.1, 0.15) is 0 Å². The second-order valence-corrected chi connectivity index (χ2v) is 5.60. The molecule has 0 fully saturated rings.